The van der Waals surface area contributed by atoms with Crippen LogP contribution in [0, 0.1) is 0 Å². The van der Waals surface area contributed by atoms with Gasteiger partial charge in [0, 0.05) is 11.9 Å². The summed E-state index contributed by atoms with van der Waals surface area (Å²) in [6.45, 7) is 4.80. The van der Waals surface area contributed by atoms with E-state index in [0.29, 0.717) is 6.61 Å². The second-order valence-corrected chi connectivity index (χ2v) is 3.27. The van der Waals surface area contributed by atoms with Crippen molar-refractivity contribution in [1.29, 1.82) is 0 Å². The van der Waals surface area contributed by atoms with Gasteiger partial charge in [0.15, 0.2) is 0 Å². The average Bonchev–Trinajstić information content (AvgIpc) is 1.87. The van der Waals surface area contributed by atoms with Crippen LogP contribution in [0.2, 0.25) is 0 Å². The van der Waals surface area contributed by atoms with Gasteiger partial charge in [-0.05, 0) is 20.3 Å². The van der Waals surface area contributed by atoms with Gasteiger partial charge in [0.25, 0.3) is 0 Å². The highest BCUT2D eigenvalue weighted by Crippen LogP contribution is 2.00. The molecule has 0 amide bonds. The highest BCUT2D eigenvalue weighted by molar-refractivity contribution is 7.81. The molecule has 1 unspecified atom stereocenters. The number of hydrogen-bond donors (Lipinski definition) is 2. The van der Waals surface area contributed by atoms with Gasteiger partial charge >= 0.3 is 0 Å². The summed E-state index contributed by atoms with van der Waals surface area (Å²) in [7, 11) is 0. The topological polar surface area (TPSA) is 29.5 Å². The van der Waals surface area contributed by atoms with Crippen LogP contribution in [0.15, 0.2) is 0 Å². The zero-order chi connectivity index (χ0) is 7.98. The van der Waals surface area contributed by atoms with E-state index in [4.69, 9.17) is 9.84 Å². The number of ether oxygens (including phenoxy) is 1. The van der Waals surface area contributed by atoms with E-state index >= 15 is 0 Å². The Hall–Kier alpha value is 0.270. The molecule has 0 rings (SSSR count). The lowest BCUT2D eigenvalue weighted by molar-refractivity contribution is 0.0743. The molecule has 0 fully saturated rings. The van der Waals surface area contributed by atoms with Crippen molar-refractivity contribution in [3.8, 4) is 0 Å². The maximum atomic E-state index is 8.57. The third-order valence-corrected chi connectivity index (χ3v) is 1.53. The fourth-order valence-corrected chi connectivity index (χ4v) is 0.636. The zero-order valence-electron chi connectivity index (χ0n) is 6.58. The molecule has 0 aliphatic rings. The first kappa shape index (κ1) is 10.3. The standard InChI is InChI=1S/C7H16O2S/c1-6(2)9-4-3-7(10)5-8/h6-8,10H,3-5H2,1-2H3. The van der Waals surface area contributed by atoms with Gasteiger partial charge in [0.2, 0.25) is 0 Å². The van der Waals surface area contributed by atoms with Gasteiger partial charge in [0.1, 0.15) is 0 Å². The SMILES string of the molecule is CC(C)OCCC(S)CO. The van der Waals surface area contributed by atoms with Gasteiger partial charge in [-0.25, -0.2) is 0 Å². The predicted octanol–water partition coefficient (Wildman–Crippen LogP) is 1.09. The lowest BCUT2D eigenvalue weighted by Crippen LogP contribution is -2.11. The van der Waals surface area contributed by atoms with E-state index < -0.39 is 0 Å². The second kappa shape index (κ2) is 6.01. The van der Waals surface area contributed by atoms with Crippen molar-refractivity contribution in [2.75, 3.05) is 13.2 Å². The molecule has 0 spiro atoms. The summed E-state index contributed by atoms with van der Waals surface area (Å²) in [5, 5.41) is 8.64. The highest BCUT2D eigenvalue weighted by atomic mass is 32.1. The van der Waals surface area contributed by atoms with E-state index in [1.165, 1.54) is 0 Å². The molecule has 0 aromatic heterocycles. The largest absolute Gasteiger partial charge is 0.395 e. The Bertz CT molecular complexity index is 76.0. The molecule has 2 nitrogen and oxygen atoms in total. The summed E-state index contributed by atoms with van der Waals surface area (Å²) < 4.78 is 5.25. The van der Waals surface area contributed by atoms with Gasteiger partial charge in [-0.15, -0.1) is 0 Å². The Kier molecular flexibility index (Phi) is 6.17. The van der Waals surface area contributed by atoms with Gasteiger partial charge in [0.05, 0.1) is 12.7 Å². The third-order valence-electron chi connectivity index (χ3n) is 1.11. The first-order valence-corrected chi connectivity index (χ1v) is 4.09. The molecule has 0 saturated carbocycles. The molecule has 10 heavy (non-hydrogen) atoms. The van der Waals surface area contributed by atoms with Crippen molar-refractivity contribution >= 4 is 12.6 Å². The quantitative estimate of drug-likeness (QED) is 0.596. The molecule has 0 saturated heterocycles. The van der Waals surface area contributed by atoms with E-state index in [0.717, 1.165) is 6.42 Å². The summed E-state index contributed by atoms with van der Waals surface area (Å²) in [6, 6.07) is 0. The number of rotatable bonds is 5. The minimum absolute atomic E-state index is 0.0683. The van der Waals surface area contributed by atoms with Crippen LogP contribution in [0.3, 0.4) is 0 Å². The minimum Gasteiger partial charge on any atom is -0.395 e. The van der Waals surface area contributed by atoms with Crippen molar-refractivity contribution in [1.82, 2.24) is 0 Å². The number of thiol groups is 1. The van der Waals surface area contributed by atoms with Crippen molar-refractivity contribution in [3.05, 3.63) is 0 Å². The van der Waals surface area contributed by atoms with Crippen LogP contribution in [0.25, 0.3) is 0 Å². The van der Waals surface area contributed by atoms with Crippen molar-refractivity contribution < 1.29 is 9.84 Å². The molecule has 0 aliphatic carbocycles. The lowest BCUT2D eigenvalue weighted by atomic mass is 10.3. The van der Waals surface area contributed by atoms with Crippen LogP contribution >= 0.6 is 12.6 Å². The van der Waals surface area contributed by atoms with E-state index in [2.05, 4.69) is 12.6 Å². The fraction of sp³-hybridized carbons (Fsp3) is 1.00. The summed E-state index contributed by atoms with van der Waals surface area (Å²) in [6.07, 6.45) is 1.09. The summed E-state index contributed by atoms with van der Waals surface area (Å²) >= 11 is 4.10. The normalized spacial score (nSPS) is 14.1. The van der Waals surface area contributed by atoms with Crippen LogP contribution in [0.1, 0.15) is 20.3 Å². The van der Waals surface area contributed by atoms with E-state index in [1.54, 1.807) is 0 Å². The molecular formula is C7H16O2S. The van der Waals surface area contributed by atoms with Crippen molar-refractivity contribution in [3.63, 3.8) is 0 Å². The molecular weight excluding hydrogens is 148 g/mol. The first-order chi connectivity index (χ1) is 4.66. The first-order valence-electron chi connectivity index (χ1n) is 3.57. The van der Waals surface area contributed by atoms with Gasteiger partial charge in [-0.1, -0.05) is 0 Å². The van der Waals surface area contributed by atoms with Gasteiger partial charge < -0.3 is 9.84 Å². The third kappa shape index (κ3) is 6.39. The van der Waals surface area contributed by atoms with Crippen molar-refractivity contribution in [2.45, 2.75) is 31.6 Å². The minimum atomic E-state index is 0.0683. The zero-order valence-corrected chi connectivity index (χ0v) is 7.47. The van der Waals surface area contributed by atoms with Crippen LogP contribution in [-0.2, 0) is 4.74 Å². The van der Waals surface area contributed by atoms with E-state index in [-0.39, 0.29) is 18.0 Å². The maximum absolute atomic E-state index is 8.57. The van der Waals surface area contributed by atoms with E-state index in [1.807, 2.05) is 13.8 Å². The molecule has 1 N–H and O–H groups in total. The monoisotopic (exact) mass is 164 g/mol. The molecule has 0 bridgehead atoms. The molecule has 62 valence electrons. The number of hydrogen-bond acceptors (Lipinski definition) is 3. The second-order valence-electron chi connectivity index (χ2n) is 2.54. The average molecular weight is 164 g/mol. The summed E-state index contributed by atoms with van der Waals surface area (Å²) in [4.78, 5) is 0. The van der Waals surface area contributed by atoms with E-state index in [9.17, 15) is 0 Å². The van der Waals surface area contributed by atoms with Gasteiger partial charge in [-0.2, -0.15) is 12.6 Å². The molecule has 0 heterocycles. The van der Waals surface area contributed by atoms with Crippen LogP contribution < -0.4 is 0 Å². The molecule has 3 heteroatoms. The Morgan fingerprint density at radius 2 is 2.10 bits per heavy atom. The fourth-order valence-electron chi connectivity index (χ4n) is 0.531. The van der Waals surface area contributed by atoms with Crippen LogP contribution in [-0.4, -0.2) is 29.7 Å². The highest BCUT2D eigenvalue weighted by Gasteiger charge is 2.00. The molecule has 0 aromatic rings. The molecule has 0 radical (unpaired) electrons. The Labute approximate surface area is 68.0 Å². The smallest absolute Gasteiger partial charge is 0.0548 e. The predicted molar refractivity (Wildman–Crippen MR) is 45.6 cm³/mol. The molecule has 0 aromatic carbocycles. The van der Waals surface area contributed by atoms with Gasteiger partial charge in [-0.3, -0.25) is 0 Å². The Balaban J connectivity index is 3.03. The number of aliphatic hydroxyl groups excluding tert-OH is 1. The van der Waals surface area contributed by atoms with Crippen molar-refractivity contribution in [2.24, 2.45) is 0 Å². The van der Waals surface area contributed by atoms with Crippen LogP contribution in [0.4, 0.5) is 0 Å². The lowest BCUT2D eigenvalue weighted by Gasteiger charge is -2.09. The summed E-state index contributed by atoms with van der Waals surface area (Å²) in [5.41, 5.74) is 0. The molecule has 0 aliphatic heterocycles. The maximum Gasteiger partial charge on any atom is 0.0548 e. The Morgan fingerprint density at radius 1 is 1.50 bits per heavy atom. The molecule has 1 atom stereocenters. The summed E-state index contributed by atoms with van der Waals surface area (Å²) in [5.74, 6) is 0. The Morgan fingerprint density at radius 3 is 2.50 bits per heavy atom. The number of aliphatic hydroxyl groups is 1. The van der Waals surface area contributed by atoms with Crippen LogP contribution in [0.5, 0.6) is 0 Å².